The van der Waals surface area contributed by atoms with Crippen molar-refractivity contribution in [1.29, 1.82) is 0 Å². The van der Waals surface area contributed by atoms with Crippen LogP contribution in [0.4, 0.5) is 35.1 Å². The molecule has 22 heteroatoms. The number of halogens is 9. The average molecular weight is 931 g/mol. The second-order valence-corrected chi connectivity index (χ2v) is 15.8. The van der Waals surface area contributed by atoms with Gasteiger partial charge in [0.1, 0.15) is 25.1 Å². The van der Waals surface area contributed by atoms with Crippen LogP contribution in [-0.2, 0) is 52.3 Å². The molecule has 7 unspecified atom stereocenters. The molecule has 2 heterocycles. The molecule has 2 aliphatic rings. The molecule has 0 bridgehead atoms. The number of aliphatic carboxylic acids is 1. The molecule has 0 radical (unpaired) electrons. The number of alkyl halides is 9. The van der Waals surface area contributed by atoms with E-state index >= 15 is 8.78 Å². The molecule has 1 aromatic rings. The number of hydrogen-bond acceptors (Lipinski definition) is 11. The van der Waals surface area contributed by atoms with E-state index in [0.29, 0.717) is 37.7 Å². The minimum absolute atomic E-state index is 0.0123. The van der Waals surface area contributed by atoms with Crippen LogP contribution in [-0.4, -0.2) is 105 Å². The third-order valence-corrected chi connectivity index (χ3v) is 10.7. The lowest BCUT2D eigenvalue weighted by molar-refractivity contribution is -0.456. The zero-order valence-electron chi connectivity index (χ0n) is 29.2. The van der Waals surface area contributed by atoms with Gasteiger partial charge in [0.25, 0.3) is 0 Å². The first-order valence-corrected chi connectivity index (χ1v) is 19.5. The number of rotatable bonds is 24. The van der Waals surface area contributed by atoms with Gasteiger partial charge < -0.3 is 33.5 Å². The summed E-state index contributed by atoms with van der Waals surface area (Å²) in [4.78, 5) is 10.5. The van der Waals surface area contributed by atoms with Gasteiger partial charge in [-0.25, -0.2) is 4.74 Å². The molecular formula is C32H43F8IO12S. The smallest absolute Gasteiger partial charge is 0.460 e. The van der Waals surface area contributed by atoms with Crippen LogP contribution < -0.4 is 0 Å². The number of ether oxygens (including phenoxy) is 7. The molecule has 0 spiro atoms. The van der Waals surface area contributed by atoms with Crippen molar-refractivity contribution in [2.75, 3.05) is 27.1 Å². The predicted molar refractivity (Wildman–Crippen MR) is 179 cm³/mol. The summed E-state index contributed by atoms with van der Waals surface area (Å²) < 4.78 is 183. The van der Waals surface area contributed by atoms with E-state index in [1.807, 2.05) is 0 Å². The van der Waals surface area contributed by atoms with E-state index in [1.165, 1.54) is 22.6 Å². The summed E-state index contributed by atoms with van der Waals surface area (Å²) in [6.45, 7) is 0.701. The Balaban J connectivity index is 1.73. The SMILES string of the molecule is CCOCOC1C2OC(c3ccccc3)OCC2OC(OC)C1OS(=O)(=O)C(F)(F)C(F)(F)OC(F)(F)C(F)(F)CC(I)CCCCCCCCC(=O)O. The zero-order chi connectivity index (χ0) is 40.4. The van der Waals surface area contributed by atoms with Crippen molar-refractivity contribution in [1.82, 2.24) is 0 Å². The first kappa shape index (κ1) is 46.9. The number of methoxy groups -OCH3 is 1. The molecule has 1 N–H and O–H groups in total. The number of carboxylic acid groups (broad SMARTS) is 1. The van der Waals surface area contributed by atoms with E-state index in [4.69, 9.17) is 33.5 Å². The van der Waals surface area contributed by atoms with Gasteiger partial charge >= 0.3 is 39.5 Å². The first-order valence-electron chi connectivity index (χ1n) is 16.9. The highest BCUT2D eigenvalue weighted by atomic mass is 127. The van der Waals surface area contributed by atoms with E-state index in [0.717, 1.165) is 7.11 Å². The second kappa shape index (κ2) is 20.3. The van der Waals surface area contributed by atoms with Crippen LogP contribution >= 0.6 is 22.6 Å². The molecule has 1 aromatic carbocycles. The lowest BCUT2D eigenvalue weighted by Gasteiger charge is -2.48. The second-order valence-electron chi connectivity index (χ2n) is 12.4. The van der Waals surface area contributed by atoms with Gasteiger partial charge in [-0.05, 0) is 19.8 Å². The molecule has 2 saturated heterocycles. The van der Waals surface area contributed by atoms with Crippen molar-refractivity contribution in [3.63, 3.8) is 0 Å². The Morgan fingerprint density at radius 2 is 1.57 bits per heavy atom. The Morgan fingerprint density at radius 3 is 2.19 bits per heavy atom. The summed E-state index contributed by atoms with van der Waals surface area (Å²) in [5.41, 5.74) is 0.454. The molecule has 3 rings (SSSR count). The van der Waals surface area contributed by atoms with Gasteiger partial charge in [-0.2, -0.15) is 43.5 Å². The standard InChI is InChI=1S/C32H43F8IO12S/c1-3-47-19-49-25-24-22(18-48-27(51-24)20-13-9-8-10-14-20)50-28(46-2)26(25)52-54(44,45)32(39,40)31(37,38)53-30(35,36)29(33,34)17-21(41)15-11-6-4-5-7-12-16-23(42)43/h8-10,13-14,21-22,24-28H,3-7,11-12,15-19H2,1-2H3,(H,42,43). The van der Waals surface area contributed by atoms with Crippen LogP contribution in [0.1, 0.15) is 76.6 Å². The zero-order valence-corrected chi connectivity index (χ0v) is 32.1. The summed E-state index contributed by atoms with van der Waals surface area (Å²) >= 11 is 1.37. The number of hydrogen-bond donors (Lipinski definition) is 1. The quantitative estimate of drug-likeness (QED) is 0.0276. The van der Waals surface area contributed by atoms with Crippen molar-refractivity contribution in [2.24, 2.45) is 0 Å². The van der Waals surface area contributed by atoms with Gasteiger partial charge in [0.05, 0.1) is 6.61 Å². The lowest BCUT2D eigenvalue weighted by atomic mass is 9.97. The maximum atomic E-state index is 15.2. The number of fused-ring (bicyclic) bond motifs is 1. The van der Waals surface area contributed by atoms with E-state index in [1.54, 1.807) is 37.3 Å². The molecule has 0 saturated carbocycles. The maximum absolute atomic E-state index is 15.2. The predicted octanol–water partition coefficient (Wildman–Crippen LogP) is 7.40. The largest absolute Gasteiger partial charge is 0.481 e. The maximum Gasteiger partial charge on any atom is 0.460 e. The number of carboxylic acids is 1. The summed E-state index contributed by atoms with van der Waals surface area (Å²) in [5.74, 6) is -6.41. The van der Waals surface area contributed by atoms with Crippen molar-refractivity contribution in [3.8, 4) is 0 Å². The van der Waals surface area contributed by atoms with Crippen molar-refractivity contribution in [2.45, 2.75) is 129 Å². The summed E-state index contributed by atoms with van der Waals surface area (Å²) in [6.07, 6.45) is -21.8. The third kappa shape index (κ3) is 12.2. The van der Waals surface area contributed by atoms with Gasteiger partial charge in [-0.1, -0.05) is 85.0 Å². The average Bonchev–Trinajstić information content (AvgIpc) is 3.09. The molecule has 2 fully saturated rings. The Bertz CT molecular complexity index is 1420. The van der Waals surface area contributed by atoms with E-state index in [2.05, 4.69) is 8.92 Å². The fraction of sp³-hybridized carbons (Fsp3) is 0.781. The number of unbranched alkanes of at least 4 members (excludes halogenated alkanes) is 5. The number of carbonyl (C=O) groups is 1. The molecular weight excluding hydrogens is 887 g/mol. The molecule has 0 aliphatic carbocycles. The highest BCUT2D eigenvalue weighted by Gasteiger charge is 2.75. The third-order valence-electron chi connectivity index (χ3n) is 8.34. The first-order chi connectivity index (χ1) is 25.2. The Kier molecular flexibility index (Phi) is 17.6. The highest BCUT2D eigenvalue weighted by Crippen LogP contribution is 2.50. The van der Waals surface area contributed by atoms with Gasteiger partial charge in [0.15, 0.2) is 18.7 Å². The van der Waals surface area contributed by atoms with E-state index in [-0.39, 0.29) is 32.5 Å². The van der Waals surface area contributed by atoms with Crippen LogP contribution in [0.3, 0.4) is 0 Å². The van der Waals surface area contributed by atoms with Crippen LogP contribution in [0.25, 0.3) is 0 Å². The molecule has 7 atom stereocenters. The Labute approximate surface area is 320 Å². The van der Waals surface area contributed by atoms with Crippen LogP contribution in [0, 0.1) is 0 Å². The van der Waals surface area contributed by atoms with Crippen molar-refractivity contribution < 1.29 is 90.8 Å². The monoisotopic (exact) mass is 930 g/mol. The Hall–Kier alpha value is -1.51. The van der Waals surface area contributed by atoms with Crippen LogP contribution in [0.5, 0.6) is 0 Å². The minimum atomic E-state index is -7.08. The van der Waals surface area contributed by atoms with Gasteiger partial charge in [0, 0.05) is 36.0 Å². The molecule has 312 valence electrons. The van der Waals surface area contributed by atoms with E-state index < -0.39 is 93.6 Å². The topological polar surface area (TPSA) is 145 Å². The van der Waals surface area contributed by atoms with E-state index in [9.17, 15) is 39.6 Å². The Morgan fingerprint density at radius 1 is 0.944 bits per heavy atom. The van der Waals surface area contributed by atoms with Crippen LogP contribution in [0.15, 0.2) is 30.3 Å². The van der Waals surface area contributed by atoms with Gasteiger partial charge in [-0.15, -0.1) is 0 Å². The highest BCUT2D eigenvalue weighted by molar-refractivity contribution is 14.1. The minimum Gasteiger partial charge on any atom is -0.481 e. The fourth-order valence-electron chi connectivity index (χ4n) is 5.51. The van der Waals surface area contributed by atoms with Crippen molar-refractivity contribution >= 4 is 38.7 Å². The molecule has 12 nitrogen and oxygen atoms in total. The molecule has 0 aromatic heterocycles. The fourth-order valence-corrected chi connectivity index (χ4v) is 7.45. The van der Waals surface area contributed by atoms with Crippen molar-refractivity contribution in [3.05, 3.63) is 35.9 Å². The summed E-state index contributed by atoms with van der Waals surface area (Å²) in [6, 6.07) is 8.15. The molecule has 0 amide bonds. The lowest BCUT2D eigenvalue weighted by Crippen LogP contribution is -2.65. The molecule has 54 heavy (non-hydrogen) atoms. The summed E-state index contributed by atoms with van der Waals surface area (Å²) in [5, 5.41) is 1.93. The van der Waals surface area contributed by atoms with Gasteiger partial charge in [-0.3, -0.25) is 8.98 Å². The van der Waals surface area contributed by atoms with Crippen LogP contribution in [0.2, 0.25) is 0 Å². The molecule has 2 aliphatic heterocycles. The van der Waals surface area contributed by atoms with Gasteiger partial charge in [0.2, 0.25) is 0 Å². The summed E-state index contributed by atoms with van der Waals surface area (Å²) in [7, 11) is -6.17. The normalized spacial score (nSPS) is 24.9. The number of benzene rings is 1.